The van der Waals surface area contributed by atoms with Crippen molar-refractivity contribution in [2.45, 2.75) is 24.7 Å². The number of likely N-dealkylation sites (tertiary alicyclic amines) is 1. The number of aliphatic hydroxyl groups excluding tert-OH is 1. The number of nitrogens with zero attached hydrogens (tertiary/aromatic N) is 1. The molecule has 0 saturated carbocycles. The summed E-state index contributed by atoms with van der Waals surface area (Å²) >= 11 is 3.83. The van der Waals surface area contributed by atoms with Crippen LogP contribution in [-0.2, 0) is 4.79 Å². The Bertz CT molecular complexity index is 233. The van der Waals surface area contributed by atoms with Crippen molar-refractivity contribution in [1.82, 2.24) is 4.90 Å². The molecule has 3 nitrogen and oxygen atoms in total. The number of rotatable bonds is 1. The lowest BCUT2D eigenvalue weighted by Gasteiger charge is -2.23. The van der Waals surface area contributed by atoms with Crippen LogP contribution in [0, 0.1) is 0 Å². The minimum absolute atomic E-state index is 0.124. The van der Waals surface area contributed by atoms with E-state index in [1.165, 1.54) is 0 Å². The van der Waals surface area contributed by atoms with Gasteiger partial charge in [0.15, 0.2) is 0 Å². The predicted molar refractivity (Wildman–Crippen MR) is 46.0 cm³/mol. The molecule has 0 aromatic rings. The maximum absolute atomic E-state index is 12.0. The van der Waals surface area contributed by atoms with Crippen molar-refractivity contribution in [1.29, 1.82) is 0 Å². The van der Waals surface area contributed by atoms with E-state index in [1.807, 2.05) is 0 Å². The van der Waals surface area contributed by atoms with Crippen molar-refractivity contribution in [3.8, 4) is 0 Å². The van der Waals surface area contributed by atoms with Crippen LogP contribution in [-0.4, -0.2) is 46.5 Å². The average Bonchev–Trinajstić information content (AvgIpc) is 2.43. The number of hydrogen-bond acceptors (Lipinski definition) is 3. The minimum Gasteiger partial charge on any atom is -0.391 e. The Hall–Kier alpha value is -0.430. The normalized spacial score (nSPS) is 28.2. The Balaban J connectivity index is 2.72. The van der Waals surface area contributed by atoms with Crippen LogP contribution in [0.1, 0.15) is 6.42 Å². The van der Waals surface area contributed by atoms with Gasteiger partial charge in [-0.3, -0.25) is 4.79 Å². The third-order valence-electron chi connectivity index (χ3n) is 2.11. The van der Waals surface area contributed by atoms with Crippen molar-refractivity contribution in [3.63, 3.8) is 0 Å². The third-order valence-corrected chi connectivity index (χ3v) is 2.53. The van der Waals surface area contributed by atoms with Crippen LogP contribution in [0.2, 0.25) is 0 Å². The van der Waals surface area contributed by atoms with E-state index >= 15 is 0 Å². The van der Waals surface area contributed by atoms with Gasteiger partial charge in [0.05, 0.1) is 6.10 Å². The molecule has 1 saturated heterocycles. The largest absolute Gasteiger partial charge is 0.471 e. The van der Waals surface area contributed by atoms with Gasteiger partial charge in [-0.05, 0) is 6.42 Å². The number of alkyl halides is 3. The van der Waals surface area contributed by atoms with Gasteiger partial charge < -0.3 is 10.0 Å². The zero-order valence-corrected chi connectivity index (χ0v) is 8.05. The molecule has 1 N–H and O–H groups in total. The molecule has 7 heteroatoms. The fourth-order valence-electron chi connectivity index (χ4n) is 1.48. The first-order chi connectivity index (χ1) is 6.36. The Kier molecular flexibility index (Phi) is 3.31. The van der Waals surface area contributed by atoms with Gasteiger partial charge in [0.25, 0.3) is 0 Å². The molecule has 1 amide bonds. The van der Waals surface area contributed by atoms with Gasteiger partial charge in [0, 0.05) is 18.3 Å². The molecule has 0 spiro atoms. The second-order valence-electron chi connectivity index (χ2n) is 3.18. The van der Waals surface area contributed by atoms with E-state index in [0.717, 1.165) is 0 Å². The number of hydrogen-bond donors (Lipinski definition) is 2. The van der Waals surface area contributed by atoms with Crippen LogP contribution in [0.5, 0.6) is 0 Å². The molecule has 1 aliphatic rings. The number of β-amino-alcohol motifs (C(OH)–C–C–N with tert-alkyl or cyclic N) is 1. The summed E-state index contributed by atoms with van der Waals surface area (Å²) in [6.45, 7) is -0.260. The number of halogens is 3. The van der Waals surface area contributed by atoms with Crippen LogP contribution in [0.3, 0.4) is 0 Å². The number of carbonyl (C=O) groups is 1. The Morgan fingerprint density at radius 1 is 1.57 bits per heavy atom. The van der Waals surface area contributed by atoms with E-state index in [-0.39, 0.29) is 18.7 Å². The molecule has 1 rings (SSSR count). The van der Waals surface area contributed by atoms with E-state index in [1.54, 1.807) is 0 Å². The molecule has 0 radical (unpaired) electrons. The highest BCUT2D eigenvalue weighted by atomic mass is 32.1. The summed E-state index contributed by atoms with van der Waals surface area (Å²) in [5.41, 5.74) is 0. The molecular weight excluding hydrogens is 219 g/mol. The molecule has 0 aromatic carbocycles. The van der Waals surface area contributed by atoms with Crippen LogP contribution in [0.15, 0.2) is 0 Å². The van der Waals surface area contributed by atoms with E-state index in [0.29, 0.717) is 4.90 Å². The Morgan fingerprint density at radius 2 is 2.14 bits per heavy atom. The van der Waals surface area contributed by atoms with E-state index in [2.05, 4.69) is 12.6 Å². The van der Waals surface area contributed by atoms with Gasteiger partial charge in [0.2, 0.25) is 0 Å². The lowest BCUT2D eigenvalue weighted by atomic mass is 10.2. The molecule has 14 heavy (non-hydrogen) atoms. The number of carbonyl (C=O) groups excluding carboxylic acids is 1. The van der Waals surface area contributed by atoms with Gasteiger partial charge >= 0.3 is 12.1 Å². The second-order valence-corrected chi connectivity index (χ2v) is 3.55. The maximum Gasteiger partial charge on any atom is 0.471 e. The summed E-state index contributed by atoms with van der Waals surface area (Å²) in [6.07, 6.45) is -5.59. The zero-order chi connectivity index (χ0) is 10.9. The van der Waals surface area contributed by atoms with Gasteiger partial charge in [-0.1, -0.05) is 0 Å². The van der Waals surface area contributed by atoms with Crippen LogP contribution < -0.4 is 0 Å². The molecule has 0 aromatic heterocycles. The fraction of sp³-hybridized carbons (Fsp3) is 0.857. The lowest BCUT2D eigenvalue weighted by Crippen LogP contribution is -2.44. The topological polar surface area (TPSA) is 40.5 Å². The molecule has 82 valence electrons. The monoisotopic (exact) mass is 229 g/mol. The highest BCUT2D eigenvalue weighted by Crippen LogP contribution is 2.26. The number of aliphatic hydroxyl groups is 1. The van der Waals surface area contributed by atoms with Crippen molar-refractivity contribution < 1.29 is 23.1 Å². The zero-order valence-electron chi connectivity index (χ0n) is 7.16. The smallest absolute Gasteiger partial charge is 0.391 e. The van der Waals surface area contributed by atoms with Gasteiger partial charge in [-0.15, -0.1) is 0 Å². The minimum atomic E-state index is -4.87. The summed E-state index contributed by atoms with van der Waals surface area (Å²) in [5.74, 6) is -1.77. The first kappa shape index (κ1) is 11.6. The summed E-state index contributed by atoms with van der Waals surface area (Å²) in [7, 11) is 0. The van der Waals surface area contributed by atoms with E-state index in [4.69, 9.17) is 5.11 Å². The Morgan fingerprint density at radius 3 is 2.57 bits per heavy atom. The van der Waals surface area contributed by atoms with Crippen LogP contribution in [0.4, 0.5) is 13.2 Å². The highest BCUT2D eigenvalue weighted by molar-refractivity contribution is 7.80. The second kappa shape index (κ2) is 3.98. The van der Waals surface area contributed by atoms with Crippen LogP contribution in [0.25, 0.3) is 0 Å². The molecule has 0 bridgehead atoms. The molecule has 0 aliphatic carbocycles. The molecule has 0 unspecified atom stereocenters. The average molecular weight is 229 g/mol. The molecule has 1 aliphatic heterocycles. The van der Waals surface area contributed by atoms with E-state index in [9.17, 15) is 18.0 Å². The first-order valence-corrected chi connectivity index (χ1v) is 4.66. The SMILES string of the molecule is O=C(N1C[C@H](O)C[C@H]1CS)C(F)(F)F. The third kappa shape index (κ3) is 2.33. The summed E-state index contributed by atoms with van der Waals surface area (Å²) < 4.78 is 36.1. The standard InChI is InChI=1S/C7H10F3NO2S/c8-7(9,10)6(13)11-2-5(12)1-4(11)3-14/h4-5,12,14H,1-3H2/t4-,5+/m0/s1. The van der Waals surface area contributed by atoms with Crippen molar-refractivity contribution in [2.24, 2.45) is 0 Å². The molecule has 2 atom stereocenters. The summed E-state index contributed by atoms with van der Waals surface area (Å²) in [6, 6.07) is -0.623. The van der Waals surface area contributed by atoms with Crippen LogP contribution >= 0.6 is 12.6 Å². The summed E-state index contributed by atoms with van der Waals surface area (Å²) in [5, 5.41) is 9.12. The quantitative estimate of drug-likeness (QED) is 0.640. The molecule has 1 fully saturated rings. The van der Waals surface area contributed by atoms with Crippen molar-refractivity contribution in [2.75, 3.05) is 12.3 Å². The van der Waals surface area contributed by atoms with Gasteiger partial charge in [-0.2, -0.15) is 25.8 Å². The summed E-state index contributed by atoms with van der Waals surface area (Å²) in [4.78, 5) is 11.5. The van der Waals surface area contributed by atoms with Crippen molar-refractivity contribution >= 4 is 18.5 Å². The molecule has 1 heterocycles. The maximum atomic E-state index is 12.0. The number of thiol groups is 1. The van der Waals surface area contributed by atoms with Gasteiger partial charge in [-0.25, -0.2) is 0 Å². The Labute approximate surface area is 84.3 Å². The molecular formula is C7H10F3NO2S. The van der Waals surface area contributed by atoms with E-state index < -0.39 is 24.2 Å². The van der Waals surface area contributed by atoms with Crippen molar-refractivity contribution in [3.05, 3.63) is 0 Å². The van der Waals surface area contributed by atoms with Gasteiger partial charge in [0.1, 0.15) is 0 Å². The highest BCUT2D eigenvalue weighted by Gasteiger charge is 2.47. The fourth-order valence-corrected chi connectivity index (χ4v) is 1.82. The first-order valence-electron chi connectivity index (χ1n) is 4.03. The lowest BCUT2D eigenvalue weighted by molar-refractivity contribution is -0.186. The number of amides is 1. The predicted octanol–water partition coefficient (Wildman–Crippen LogP) is 0.440.